The van der Waals surface area contributed by atoms with Gasteiger partial charge < -0.3 is 5.73 Å². The number of fused-ring (bicyclic) bond motifs is 1. The first-order valence-electron chi connectivity index (χ1n) is 6.51. The Bertz CT molecular complexity index is 721. The summed E-state index contributed by atoms with van der Waals surface area (Å²) in [4.78, 5) is 4.45. The fourth-order valence-electron chi connectivity index (χ4n) is 2.09. The van der Waals surface area contributed by atoms with Gasteiger partial charge in [0.05, 0.1) is 0 Å². The van der Waals surface area contributed by atoms with Gasteiger partial charge in [-0.25, -0.2) is 4.98 Å². The molecular weight excluding hydrogens is 284 g/mol. The van der Waals surface area contributed by atoms with Crippen LogP contribution in [0.4, 0.5) is 0 Å². The molecule has 4 heteroatoms. The lowest BCUT2D eigenvalue weighted by molar-refractivity contribution is 0.832. The van der Waals surface area contributed by atoms with Gasteiger partial charge in [0, 0.05) is 22.9 Å². The van der Waals surface area contributed by atoms with Crippen LogP contribution in [0.3, 0.4) is 0 Å². The summed E-state index contributed by atoms with van der Waals surface area (Å²) in [6.07, 6.45) is 0. The average Bonchev–Trinajstić information content (AvgIpc) is 2.90. The molecule has 0 fully saturated rings. The van der Waals surface area contributed by atoms with E-state index < -0.39 is 0 Å². The van der Waals surface area contributed by atoms with Crippen LogP contribution in [0, 0.1) is 6.92 Å². The lowest BCUT2D eigenvalue weighted by Crippen LogP contribution is -2.12. The van der Waals surface area contributed by atoms with E-state index in [1.807, 2.05) is 6.92 Å². The molecule has 20 heavy (non-hydrogen) atoms. The number of rotatable bonds is 4. The number of aromatic nitrogens is 1. The number of aryl methyl sites for hydroxylation is 1. The van der Waals surface area contributed by atoms with Crippen LogP contribution in [0.2, 0.25) is 0 Å². The Kier molecular flexibility index (Phi) is 4.05. The van der Waals surface area contributed by atoms with Gasteiger partial charge >= 0.3 is 0 Å². The van der Waals surface area contributed by atoms with Crippen LogP contribution >= 0.6 is 23.1 Å². The first kappa shape index (κ1) is 13.6. The molecule has 3 aromatic rings. The highest BCUT2D eigenvalue weighted by Gasteiger charge is 2.09. The number of nitrogens with two attached hydrogens (primary N) is 1. The third kappa shape index (κ3) is 3.03. The van der Waals surface area contributed by atoms with E-state index in [2.05, 4.69) is 52.8 Å². The minimum atomic E-state index is 0.0359. The SMILES string of the molecule is Cc1csc(SCC(N)c2ccc3ccccc3c2)n1. The normalized spacial score (nSPS) is 12.7. The third-order valence-electron chi connectivity index (χ3n) is 3.19. The van der Waals surface area contributed by atoms with Crippen molar-refractivity contribution in [3.05, 3.63) is 59.1 Å². The smallest absolute Gasteiger partial charge is 0.150 e. The van der Waals surface area contributed by atoms with Crippen molar-refractivity contribution in [3.8, 4) is 0 Å². The van der Waals surface area contributed by atoms with E-state index >= 15 is 0 Å². The van der Waals surface area contributed by atoms with Crippen LogP contribution in [0.1, 0.15) is 17.3 Å². The Morgan fingerprint density at radius 2 is 2.00 bits per heavy atom. The van der Waals surface area contributed by atoms with E-state index in [1.165, 1.54) is 16.3 Å². The molecule has 2 N–H and O–H groups in total. The summed E-state index contributed by atoms with van der Waals surface area (Å²) in [5.74, 6) is 0.852. The highest BCUT2D eigenvalue weighted by Crippen LogP contribution is 2.27. The zero-order chi connectivity index (χ0) is 13.9. The van der Waals surface area contributed by atoms with Gasteiger partial charge in [0.2, 0.25) is 0 Å². The number of nitrogens with zero attached hydrogens (tertiary/aromatic N) is 1. The number of hydrogen-bond acceptors (Lipinski definition) is 4. The van der Waals surface area contributed by atoms with Gasteiger partial charge in [-0.15, -0.1) is 11.3 Å². The second-order valence-electron chi connectivity index (χ2n) is 4.78. The summed E-state index contributed by atoms with van der Waals surface area (Å²) in [5, 5.41) is 4.58. The number of thiazole rings is 1. The van der Waals surface area contributed by atoms with E-state index in [-0.39, 0.29) is 6.04 Å². The van der Waals surface area contributed by atoms with E-state index in [0.29, 0.717) is 0 Å². The Hall–Kier alpha value is -1.36. The largest absolute Gasteiger partial charge is 0.323 e. The van der Waals surface area contributed by atoms with Gasteiger partial charge in [-0.2, -0.15) is 0 Å². The number of benzene rings is 2. The quantitative estimate of drug-likeness (QED) is 0.726. The summed E-state index contributed by atoms with van der Waals surface area (Å²) >= 11 is 3.42. The molecule has 1 heterocycles. The Morgan fingerprint density at radius 3 is 2.75 bits per heavy atom. The lowest BCUT2D eigenvalue weighted by Gasteiger charge is -2.11. The molecule has 1 aromatic heterocycles. The fraction of sp³-hybridized carbons (Fsp3) is 0.188. The van der Waals surface area contributed by atoms with Crippen molar-refractivity contribution >= 4 is 33.9 Å². The molecule has 0 amide bonds. The van der Waals surface area contributed by atoms with E-state index in [4.69, 9.17) is 5.73 Å². The first-order valence-corrected chi connectivity index (χ1v) is 8.38. The van der Waals surface area contributed by atoms with Crippen LogP contribution < -0.4 is 5.73 Å². The van der Waals surface area contributed by atoms with Gasteiger partial charge in [-0.3, -0.25) is 0 Å². The molecule has 0 aliphatic heterocycles. The molecule has 0 aliphatic carbocycles. The van der Waals surface area contributed by atoms with Crippen LogP contribution in [0.15, 0.2) is 52.2 Å². The van der Waals surface area contributed by atoms with Crippen molar-refractivity contribution in [2.75, 3.05) is 5.75 Å². The van der Waals surface area contributed by atoms with Gasteiger partial charge in [0.1, 0.15) is 4.34 Å². The van der Waals surface area contributed by atoms with Crippen molar-refractivity contribution in [1.82, 2.24) is 4.98 Å². The number of thioether (sulfide) groups is 1. The summed E-state index contributed by atoms with van der Waals surface area (Å²) in [6, 6.07) is 14.9. The van der Waals surface area contributed by atoms with E-state index in [9.17, 15) is 0 Å². The predicted octanol–water partition coefficient (Wildman–Crippen LogP) is 4.40. The molecule has 0 radical (unpaired) electrons. The summed E-state index contributed by atoms with van der Waals surface area (Å²) in [7, 11) is 0. The molecule has 1 unspecified atom stereocenters. The van der Waals surface area contributed by atoms with Gasteiger partial charge in [-0.1, -0.05) is 48.2 Å². The minimum Gasteiger partial charge on any atom is -0.323 e. The monoisotopic (exact) mass is 300 g/mol. The van der Waals surface area contributed by atoms with Crippen molar-refractivity contribution in [3.63, 3.8) is 0 Å². The Labute approximate surface area is 127 Å². The molecule has 0 spiro atoms. The second kappa shape index (κ2) is 5.95. The topological polar surface area (TPSA) is 38.9 Å². The molecule has 0 aliphatic rings. The van der Waals surface area contributed by atoms with Gasteiger partial charge in [0.15, 0.2) is 0 Å². The Morgan fingerprint density at radius 1 is 1.20 bits per heavy atom. The molecule has 2 nitrogen and oxygen atoms in total. The highest BCUT2D eigenvalue weighted by atomic mass is 32.2. The van der Waals surface area contributed by atoms with Crippen molar-refractivity contribution in [1.29, 1.82) is 0 Å². The van der Waals surface area contributed by atoms with Crippen LogP contribution in [-0.2, 0) is 0 Å². The maximum atomic E-state index is 6.30. The van der Waals surface area contributed by atoms with Crippen molar-refractivity contribution < 1.29 is 0 Å². The fourth-order valence-corrected chi connectivity index (χ4v) is 3.96. The zero-order valence-corrected chi connectivity index (χ0v) is 12.9. The maximum Gasteiger partial charge on any atom is 0.150 e. The maximum absolute atomic E-state index is 6.30. The molecule has 0 saturated carbocycles. The minimum absolute atomic E-state index is 0.0359. The Balaban J connectivity index is 1.73. The van der Waals surface area contributed by atoms with Crippen LogP contribution in [0.25, 0.3) is 10.8 Å². The summed E-state index contributed by atoms with van der Waals surface area (Å²) in [5.41, 5.74) is 8.56. The van der Waals surface area contributed by atoms with Gasteiger partial charge in [-0.05, 0) is 29.3 Å². The van der Waals surface area contributed by atoms with Gasteiger partial charge in [0.25, 0.3) is 0 Å². The molecule has 102 valence electrons. The first-order chi connectivity index (χ1) is 9.72. The molecular formula is C16H16N2S2. The highest BCUT2D eigenvalue weighted by molar-refractivity contribution is 8.01. The van der Waals surface area contributed by atoms with E-state index in [0.717, 1.165) is 15.8 Å². The number of hydrogen-bond donors (Lipinski definition) is 1. The third-order valence-corrected chi connectivity index (χ3v) is 5.44. The summed E-state index contributed by atoms with van der Waals surface area (Å²) < 4.78 is 1.10. The average molecular weight is 300 g/mol. The molecule has 2 aromatic carbocycles. The lowest BCUT2D eigenvalue weighted by atomic mass is 10.0. The molecule has 0 saturated heterocycles. The second-order valence-corrected chi connectivity index (χ2v) is 6.90. The zero-order valence-electron chi connectivity index (χ0n) is 11.2. The molecule has 0 bridgehead atoms. The molecule has 1 atom stereocenters. The standard InChI is InChI=1S/C16H16N2S2/c1-11-9-19-16(18-11)20-10-15(17)14-7-6-12-4-2-3-5-13(12)8-14/h2-9,15H,10,17H2,1H3. The van der Waals surface area contributed by atoms with Crippen molar-refractivity contribution in [2.24, 2.45) is 5.73 Å². The van der Waals surface area contributed by atoms with Crippen LogP contribution in [-0.4, -0.2) is 10.7 Å². The molecule has 3 rings (SSSR count). The van der Waals surface area contributed by atoms with Crippen LogP contribution in [0.5, 0.6) is 0 Å². The summed E-state index contributed by atoms with van der Waals surface area (Å²) in [6.45, 7) is 2.02. The van der Waals surface area contributed by atoms with E-state index in [1.54, 1.807) is 23.1 Å². The predicted molar refractivity (Wildman–Crippen MR) is 88.5 cm³/mol. The van der Waals surface area contributed by atoms with Crippen molar-refractivity contribution in [2.45, 2.75) is 17.3 Å².